The second-order valence-electron chi connectivity index (χ2n) is 4.97. The fourth-order valence-electron chi connectivity index (χ4n) is 2.18. The third-order valence-corrected chi connectivity index (χ3v) is 4.32. The molecule has 8 nitrogen and oxygen atoms in total. The molecule has 0 saturated carbocycles. The van der Waals surface area contributed by atoms with Crippen LogP contribution in [0.1, 0.15) is 0 Å². The molecule has 4 N–H and O–H groups in total. The topological polar surface area (TPSA) is 130 Å². The molecule has 24 heavy (non-hydrogen) atoms. The number of hydrogen-bond acceptors (Lipinski definition) is 6. The molecular formula is C15H14N4O4S. The molecule has 0 radical (unpaired) electrons. The van der Waals surface area contributed by atoms with E-state index in [0.29, 0.717) is 22.3 Å². The molecule has 0 atom stereocenters. The van der Waals surface area contributed by atoms with Crippen molar-refractivity contribution in [3.05, 3.63) is 42.5 Å². The van der Waals surface area contributed by atoms with Crippen LogP contribution in [0.4, 0.5) is 11.4 Å². The number of aromatic nitrogens is 1. The molecule has 9 heteroatoms. The van der Waals surface area contributed by atoms with Gasteiger partial charge in [-0.15, -0.1) is 5.11 Å². The molecule has 0 aliphatic rings. The standard InChI is InChI=1S/C15H14N4O4S/c1-23-10-4-7-13-12(8-10)14(15(20)17-13)19-18-9-2-5-11(6-3-9)24(16,21)22/h2-8,17,20H,1H3,(H2,16,21,22). The minimum atomic E-state index is -3.75. The van der Waals surface area contributed by atoms with E-state index in [9.17, 15) is 13.5 Å². The van der Waals surface area contributed by atoms with Gasteiger partial charge in [-0.3, -0.25) is 0 Å². The third kappa shape index (κ3) is 3.07. The van der Waals surface area contributed by atoms with Gasteiger partial charge in [-0.1, -0.05) is 0 Å². The van der Waals surface area contributed by atoms with Crippen LogP contribution in [0.25, 0.3) is 10.9 Å². The van der Waals surface area contributed by atoms with E-state index in [4.69, 9.17) is 9.88 Å². The number of rotatable bonds is 4. The predicted molar refractivity (Wildman–Crippen MR) is 88.5 cm³/mol. The van der Waals surface area contributed by atoms with Crippen LogP contribution >= 0.6 is 0 Å². The third-order valence-electron chi connectivity index (χ3n) is 3.39. The summed E-state index contributed by atoms with van der Waals surface area (Å²) in [5.41, 5.74) is 1.37. The number of fused-ring (bicyclic) bond motifs is 1. The first-order valence-electron chi connectivity index (χ1n) is 6.82. The molecule has 0 spiro atoms. The van der Waals surface area contributed by atoms with E-state index in [-0.39, 0.29) is 16.5 Å². The quantitative estimate of drug-likeness (QED) is 0.627. The summed E-state index contributed by atoms with van der Waals surface area (Å²) >= 11 is 0. The molecule has 0 amide bonds. The van der Waals surface area contributed by atoms with Crippen molar-refractivity contribution < 1.29 is 18.3 Å². The van der Waals surface area contributed by atoms with Gasteiger partial charge in [0.25, 0.3) is 0 Å². The summed E-state index contributed by atoms with van der Waals surface area (Å²) in [5, 5.41) is 23.7. The zero-order chi connectivity index (χ0) is 17.3. The number of aromatic hydroxyl groups is 1. The van der Waals surface area contributed by atoms with Gasteiger partial charge in [0.15, 0.2) is 5.69 Å². The van der Waals surface area contributed by atoms with Crippen LogP contribution in [0.3, 0.4) is 0 Å². The molecule has 124 valence electrons. The minimum absolute atomic E-state index is 0.0128. The van der Waals surface area contributed by atoms with E-state index in [1.807, 2.05) is 0 Å². The summed E-state index contributed by atoms with van der Waals surface area (Å²) in [6.45, 7) is 0. The lowest BCUT2D eigenvalue weighted by atomic mass is 10.2. The fourth-order valence-corrected chi connectivity index (χ4v) is 2.70. The number of aromatic amines is 1. The monoisotopic (exact) mass is 346 g/mol. The lowest BCUT2D eigenvalue weighted by Crippen LogP contribution is -2.11. The Kier molecular flexibility index (Phi) is 3.96. The molecule has 2 aromatic carbocycles. The Morgan fingerprint density at radius 1 is 1.12 bits per heavy atom. The highest BCUT2D eigenvalue weighted by Gasteiger charge is 2.11. The summed E-state index contributed by atoms with van der Waals surface area (Å²) in [6.07, 6.45) is 0. The summed E-state index contributed by atoms with van der Waals surface area (Å²) < 4.78 is 27.6. The van der Waals surface area contributed by atoms with Crippen LogP contribution in [-0.2, 0) is 10.0 Å². The highest BCUT2D eigenvalue weighted by molar-refractivity contribution is 7.89. The smallest absolute Gasteiger partial charge is 0.238 e. The first kappa shape index (κ1) is 16.0. The number of sulfonamides is 1. The maximum Gasteiger partial charge on any atom is 0.238 e. The summed E-state index contributed by atoms with van der Waals surface area (Å²) in [7, 11) is -2.21. The Morgan fingerprint density at radius 3 is 2.46 bits per heavy atom. The average Bonchev–Trinajstić information content (AvgIpc) is 2.87. The number of primary sulfonamides is 1. The van der Waals surface area contributed by atoms with Crippen LogP contribution < -0.4 is 9.88 Å². The maximum atomic E-state index is 11.2. The van der Waals surface area contributed by atoms with E-state index in [2.05, 4.69) is 15.2 Å². The van der Waals surface area contributed by atoms with E-state index in [0.717, 1.165) is 0 Å². The Hall–Kier alpha value is -2.91. The van der Waals surface area contributed by atoms with Crippen LogP contribution in [0.15, 0.2) is 57.6 Å². The normalized spacial score (nSPS) is 12.1. The molecule has 1 aromatic heterocycles. The van der Waals surface area contributed by atoms with E-state index in [1.54, 1.807) is 25.3 Å². The molecule has 1 heterocycles. The molecule has 0 aliphatic carbocycles. The van der Waals surface area contributed by atoms with Gasteiger partial charge in [0.2, 0.25) is 15.9 Å². The van der Waals surface area contributed by atoms with Crippen molar-refractivity contribution in [1.82, 2.24) is 4.98 Å². The van der Waals surface area contributed by atoms with Crippen LogP contribution in [0.2, 0.25) is 0 Å². The SMILES string of the molecule is COc1ccc2[nH]c(O)c(N=Nc3ccc(S(N)(=O)=O)cc3)c2c1. The van der Waals surface area contributed by atoms with Gasteiger partial charge in [-0.25, -0.2) is 13.6 Å². The molecule has 0 unspecified atom stereocenters. The van der Waals surface area contributed by atoms with Gasteiger partial charge in [-0.2, -0.15) is 5.11 Å². The zero-order valence-electron chi connectivity index (χ0n) is 12.6. The van der Waals surface area contributed by atoms with Crippen LogP contribution in [0.5, 0.6) is 11.6 Å². The number of ether oxygens (including phenoxy) is 1. The van der Waals surface area contributed by atoms with Gasteiger partial charge < -0.3 is 14.8 Å². The Balaban J connectivity index is 1.97. The molecule has 3 rings (SSSR count). The lowest BCUT2D eigenvalue weighted by Gasteiger charge is -1.99. The highest BCUT2D eigenvalue weighted by Crippen LogP contribution is 2.38. The first-order chi connectivity index (χ1) is 11.4. The predicted octanol–water partition coefficient (Wildman–Crippen LogP) is 2.94. The number of nitrogens with two attached hydrogens (primary N) is 1. The van der Waals surface area contributed by atoms with Crippen molar-refractivity contribution >= 4 is 32.3 Å². The van der Waals surface area contributed by atoms with Gasteiger partial charge in [-0.05, 0) is 42.5 Å². The zero-order valence-corrected chi connectivity index (χ0v) is 13.4. The maximum absolute atomic E-state index is 11.2. The Bertz CT molecular complexity index is 1020. The number of nitrogens with one attached hydrogen (secondary N) is 1. The van der Waals surface area contributed by atoms with Crippen molar-refractivity contribution in [3.63, 3.8) is 0 Å². The van der Waals surface area contributed by atoms with Crippen LogP contribution in [0, 0.1) is 0 Å². The van der Waals surface area contributed by atoms with Crippen LogP contribution in [-0.4, -0.2) is 25.6 Å². The van der Waals surface area contributed by atoms with Gasteiger partial charge in [0, 0.05) is 5.39 Å². The second kappa shape index (κ2) is 5.95. The molecule has 0 aliphatic heterocycles. The summed E-state index contributed by atoms with van der Waals surface area (Å²) in [5.74, 6) is 0.499. The number of benzene rings is 2. The van der Waals surface area contributed by atoms with E-state index < -0.39 is 10.0 Å². The van der Waals surface area contributed by atoms with Crippen molar-refractivity contribution in [1.29, 1.82) is 0 Å². The number of methoxy groups -OCH3 is 1. The lowest BCUT2D eigenvalue weighted by molar-refractivity contribution is 0.415. The summed E-state index contributed by atoms with van der Waals surface area (Å²) in [6, 6.07) is 10.8. The first-order valence-corrected chi connectivity index (χ1v) is 8.36. The van der Waals surface area contributed by atoms with Crippen molar-refractivity contribution in [2.24, 2.45) is 15.4 Å². The molecule has 0 saturated heterocycles. The Morgan fingerprint density at radius 2 is 1.83 bits per heavy atom. The average molecular weight is 346 g/mol. The van der Waals surface area contributed by atoms with Gasteiger partial charge in [0.1, 0.15) is 5.75 Å². The second-order valence-corrected chi connectivity index (χ2v) is 6.53. The van der Waals surface area contributed by atoms with Crippen molar-refractivity contribution in [2.45, 2.75) is 4.90 Å². The van der Waals surface area contributed by atoms with E-state index >= 15 is 0 Å². The highest BCUT2D eigenvalue weighted by atomic mass is 32.2. The number of H-pyrrole nitrogens is 1. The van der Waals surface area contributed by atoms with Crippen molar-refractivity contribution in [3.8, 4) is 11.6 Å². The van der Waals surface area contributed by atoms with E-state index in [1.165, 1.54) is 24.3 Å². The molecule has 3 aromatic rings. The number of nitrogens with zero attached hydrogens (tertiary/aromatic N) is 2. The fraction of sp³-hybridized carbons (Fsp3) is 0.0667. The number of azo groups is 1. The van der Waals surface area contributed by atoms with Gasteiger partial charge in [0.05, 0.1) is 23.2 Å². The molecule has 0 bridgehead atoms. The minimum Gasteiger partial charge on any atom is -0.497 e. The van der Waals surface area contributed by atoms with Crippen molar-refractivity contribution in [2.75, 3.05) is 7.11 Å². The van der Waals surface area contributed by atoms with Gasteiger partial charge >= 0.3 is 0 Å². The largest absolute Gasteiger partial charge is 0.497 e. The molecule has 0 fully saturated rings. The molecular weight excluding hydrogens is 332 g/mol. The summed E-state index contributed by atoms with van der Waals surface area (Å²) in [4.78, 5) is 2.78. The number of hydrogen-bond donors (Lipinski definition) is 3. The Labute approximate surface area is 137 Å².